The molecule has 15 heavy (non-hydrogen) atoms. The highest BCUT2D eigenvalue weighted by Crippen LogP contribution is 2.27. The normalized spacial score (nSPS) is 11.6. The standard InChI is InChI=1S/C10H8F4O/c1-10(2,4-15)5-3-6(11)8(13)9(14)7(5)12/h3-4H,1-2H3. The molecule has 0 N–H and O–H groups in total. The maximum Gasteiger partial charge on any atom is 0.197 e. The van der Waals surface area contributed by atoms with E-state index in [0.29, 0.717) is 12.4 Å². The molecule has 1 nitrogen and oxygen atoms in total. The number of rotatable bonds is 2. The fourth-order valence-electron chi connectivity index (χ4n) is 1.11. The Morgan fingerprint density at radius 1 is 1.07 bits per heavy atom. The van der Waals surface area contributed by atoms with Crippen molar-refractivity contribution in [1.82, 2.24) is 0 Å². The van der Waals surface area contributed by atoms with E-state index in [4.69, 9.17) is 0 Å². The van der Waals surface area contributed by atoms with E-state index >= 15 is 0 Å². The molecular formula is C10H8F4O. The first-order valence-electron chi connectivity index (χ1n) is 4.11. The molecule has 0 aromatic heterocycles. The topological polar surface area (TPSA) is 17.1 Å². The first kappa shape index (κ1) is 11.7. The van der Waals surface area contributed by atoms with Gasteiger partial charge in [0.25, 0.3) is 0 Å². The van der Waals surface area contributed by atoms with Gasteiger partial charge in [0.15, 0.2) is 23.3 Å². The van der Waals surface area contributed by atoms with Gasteiger partial charge in [0.05, 0.1) is 0 Å². The molecular weight excluding hydrogens is 212 g/mol. The van der Waals surface area contributed by atoms with Crippen LogP contribution in [0.1, 0.15) is 19.4 Å². The van der Waals surface area contributed by atoms with Gasteiger partial charge in [-0.25, -0.2) is 17.6 Å². The molecule has 0 aliphatic carbocycles. The van der Waals surface area contributed by atoms with E-state index in [1.54, 1.807) is 0 Å². The van der Waals surface area contributed by atoms with Crippen molar-refractivity contribution >= 4 is 6.29 Å². The van der Waals surface area contributed by atoms with Crippen LogP contribution in [0.4, 0.5) is 17.6 Å². The van der Waals surface area contributed by atoms with Crippen LogP contribution in [0.15, 0.2) is 6.07 Å². The van der Waals surface area contributed by atoms with Crippen LogP contribution < -0.4 is 0 Å². The van der Waals surface area contributed by atoms with E-state index in [2.05, 4.69) is 0 Å². The van der Waals surface area contributed by atoms with Crippen molar-refractivity contribution in [3.8, 4) is 0 Å². The van der Waals surface area contributed by atoms with Gasteiger partial charge in [-0.15, -0.1) is 0 Å². The Bertz CT molecular complexity index is 412. The quantitative estimate of drug-likeness (QED) is 0.324. The Labute approximate surface area is 83.7 Å². The predicted molar refractivity (Wildman–Crippen MR) is 45.4 cm³/mol. The fraction of sp³-hybridized carbons (Fsp3) is 0.300. The van der Waals surface area contributed by atoms with Gasteiger partial charge in [-0.1, -0.05) is 0 Å². The minimum absolute atomic E-state index is 0.336. The van der Waals surface area contributed by atoms with Gasteiger partial charge in [-0.2, -0.15) is 0 Å². The van der Waals surface area contributed by atoms with Crippen molar-refractivity contribution in [3.63, 3.8) is 0 Å². The molecule has 0 atom stereocenters. The largest absolute Gasteiger partial charge is 0.302 e. The second-order valence-electron chi connectivity index (χ2n) is 3.69. The maximum atomic E-state index is 13.2. The molecule has 0 bridgehead atoms. The van der Waals surface area contributed by atoms with Crippen LogP contribution in [-0.2, 0) is 10.2 Å². The number of aldehydes is 1. The molecule has 1 aromatic carbocycles. The van der Waals surface area contributed by atoms with Gasteiger partial charge in [0, 0.05) is 11.0 Å². The molecule has 0 radical (unpaired) electrons. The number of carbonyl (C=O) groups is 1. The Morgan fingerprint density at radius 3 is 2.07 bits per heavy atom. The minimum Gasteiger partial charge on any atom is -0.302 e. The highest BCUT2D eigenvalue weighted by atomic mass is 19.2. The van der Waals surface area contributed by atoms with Crippen LogP contribution in [-0.4, -0.2) is 6.29 Å². The molecule has 1 aromatic rings. The number of hydrogen-bond acceptors (Lipinski definition) is 1. The fourth-order valence-corrected chi connectivity index (χ4v) is 1.11. The van der Waals surface area contributed by atoms with E-state index in [0.717, 1.165) is 0 Å². The molecule has 0 aliphatic rings. The third-order valence-corrected chi connectivity index (χ3v) is 2.09. The molecule has 5 heteroatoms. The number of hydrogen-bond donors (Lipinski definition) is 0. The van der Waals surface area contributed by atoms with E-state index in [-0.39, 0.29) is 0 Å². The third-order valence-electron chi connectivity index (χ3n) is 2.09. The van der Waals surface area contributed by atoms with Gasteiger partial charge in [-0.05, 0) is 19.9 Å². The summed E-state index contributed by atoms with van der Waals surface area (Å²) < 4.78 is 51.4. The molecule has 0 spiro atoms. The Balaban J connectivity index is 3.52. The van der Waals surface area contributed by atoms with Gasteiger partial charge in [-0.3, -0.25) is 0 Å². The summed E-state index contributed by atoms with van der Waals surface area (Å²) in [4.78, 5) is 10.6. The van der Waals surface area contributed by atoms with E-state index in [1.807, 2.05) is 0 Å². The molecule has 0 aliphatic heterocycles. The summed E-state index contributed by atoms with van der Waals surface area (Å²) >= 11 is 0. The lowest BCUT2D eigenvalue weighted by Gasteiger charge is -2.18. The smallest absolute Gasteiger partial charge is 0.197 e. The second-order valence-corrected chi connectivity index (χ2v) is 3.69. The summed E-state index contributed by atoms with van der Waals surface area (Å²) in [6, 6.07) is 0.488. The second kappa shape index (κ2) is 3.64. The van der Waals surface area contributed by atoms with E-state index < -0.39 is 34.2 Å². The Kier molecular flexibility index (Phi) is 2.83. The lowest BCUT2D eigenvalue weighted by Crippen LogP contribution is -2.22. The highest BCUT2D eigenvalue weighted by molar-refractivity contribution is 5.67. The van der Waals surface area contributed by atoms with E-state index in [9.17, 15) is 22.4 Å². The summed E-state index contributed by atoms with van der Waals surface area (Å²) in [7, 11) is 0. The minimum atomic E-state index is -1.90. The van der Waals surface area contributed by atoms with Crippen LogP contribution in [0.25, 0.3) is 0 Å². The Hall–Kier alpha value is -1.39. The van der Waals surface area contributed by atoms with E-state index in [1.165, 1.54) is 13.8 Å². The van der Waals surface area contributed by atoms with Crippen molar-refractivity contribution in [2.24, 2.45) is 0 Å². The summed E-state index contributed by atoms with van der Waals surface area (Å²) in [5.74, 6) is -6.83. The number of carbonyl (C=O) groups excluding carboxylic acids is 1. The first-order valence-corrected chi connectivity index (χ1v) is 4.11. The zero-order valence-corrected chi connectivity index (χ0v) is 8.07. The zero-order valence-electron chi connectivity index (χ0n) is 8.07. The zero-order chi connectivity index (χ0) is 11.8. The molecule has 0 heterocycles. The van der Waals surface area contributed by atoms with Gasteiger partial charge < -0.3 is 4.79 Å². The monoisotopic (exact) mass is 220 g/mol. The molecule has 0 saturated heterocycles. The Morgan fingerprint density at radius 2 is 1.60 bits per heavy atom. The van der Waals surface area contributed by atoms with Crippen LogP contribution in [0, 0.1) is 23.3 Å². The van der Waals surface area contributed by atoms with Crippen molar-refractivity contribution < 1.29 is 22.4 Å². The maximum absolute atomic E-state index is 13.2. The van der Waals surface area contributed by atoms with Crippen molar-refractivity contribution in [2.45, 2.75) is 19.3 Å². The van der Waals surface area contributed by atoms with Gasteiger partial charge in [0.1, 0.15) is 6.29 Å². The average Bonchev–Trinajstić information content (AvgIpc) is 2.20. The SMILES string of the molecule is CC(C)(C=O)c1cc(F)c(F)c(F)c1F. The first-order chi connectivity index (χ1) is 6.81. The number of benzene rings is 1. The molecule has 82 valence electrons. The molecule has 0 unspecified atom stereocenters. The van der Waals surface area contributed by atoms with Gasteiger partial charge in [0.2, 0.25) is 0 Å². The molecule has 0 fully saturated rings. The van der Waals surface area contributed by atoms with Crippen LogP contribution in [0.3, 0.4) is 0 Å². The average molecular weight is 220 g/mol. The molecule has 0 saturated carbocycles. The summed E-state index contributed by atoms with van der Waals surface area (Å²) in [6.07, 6.45) is 0.336. The third kappa shape index (κ3) is 1.86. The van der Waals surface area contributed by atoms with Crippen molar-refractivity contribution in [1.29, 1.82) is 0 Å². The molecule has 0 amide bonds. The van der Waals surface area contributed by atoms with Crippen LogP contribution in [0.2, 0.25) is 0 Å². The summed E-state index contributed by atoms with van der Waals surface area (Å²) in [6.45, 7) is 2.55. The van der Waals surface area contributed by atoms with Gasteiger partial charge >= 0.3 is 0 Å². The van der Waals surface area contributed by atoms with Crippen molar-refractivity contribution in [3.05, 3.63) is 34.9 Å². The molecule has 1 rings (SSSR count). The summed E-state index contributed by atoms with van der Waals surface area (Å²) in [5.41, 5.74) is -1.91. The van der Waals surface area contributed by atoms with Crippen LogP contribution in [0.5, 0.6) is 0 Å². The lowest BCUT2D eigenvalue weighted by molar-refractivity contribution is -0.111. The highest BCUT2D eigenvalue weighted by Gasteiger charge is 2.29. The van der Waals surface area contributed by atoms with Crippen LogP contribution >= 0.6 is 0 Å². The number of halogens is 4. The van der Waals surface area contributed by atoms with Crippen molar-refractivity contribution in [2.75, 3.05) is 0 Å². The predicted octanol–water partition coefficient (Wildman–Crippen LogP) is 2.72. The summed E-state index contributed by atoms with van der Waals surface area (Å²) in [5, 5.41) is 0. The lowest BCUT2D eigenvalue weighted by atomic mass is 9.86.